The third kappa shape index (κ3) is 10.4. The van der Waals surface area contributed by atoms with Crippen LogP contribution in [0.2, 0.25) is 0 Å². The number of carbonyl (C=O) groups excluding carboxylic acids is 1. The number of aromatic amines is 2. The lowest BCUT2D eigenvalue weighted by molar-refractivity contribution is -0.131. The summed E-state index contributed by atoms with van der Waals surface area (Å²) in [6, 6.07) is 26.9. The van der Waals surface area contributed by atoms with Crippen molar-refractivity contribution in [3.8, 4) is 23.0 Å². The van der Waals surface area contributed by atoms with Gasteiger partial charge in [-0.15, -0.1) is 0 Å². The second-order valence-electron chi connectivity index (χ2n) is 14.3. The Morgan fingerprint density at radius 2 is 1.22 bits per heavy atom. The van der Waals surface area contributed by atoms with Crippen molar-refractivity contribution in [1.82, 2.24) is 29.7 Å². The number of rotatable bonds is 18. The van der Waals surface area contributed by atoms with Gasteiger partial charge in [0.15, 0.2) is 0 Å². The largest absolute Gasteiger partial charge is 0.457 e. The highest BCUT2D eigenvalue weighted by molar-refractivity contribution is 5.84. The van der Waals surface area contributed by atoms with Crippen LogP contribution in [0.4, 0.5) is 0 Å². The number of carbonyl (C=O) groups is 1. The Kier molecular flexibility index (Phi) is 13.4. The molecule has 2 heterocycles. The molecular weight excluding hydrogens is 729 g/mol. The fourth-order valence-electron chi connectivity index (χ4n) is 6.39. The summed E-state index contributed by atoms with van der Waals surface area (Å²) in [5.41, 5.74) is 18.6. The standard InChI is InChI=1S/C45H52N10O3/c1-6-29(3)54(26-44-50-40-18-16-36(24-42(40)52-44)57-34-12-8-32(9-13-34)38(47)20-22-46)28-49-23-21-39(48)33-10-14-35(15-11-33)58-37-17-19-41-43(25-37)53-45(51-41)27-55(31(5)56)30(4)7-2/h8-25,29-30,46H,6-7,26-28,47-48H2,1-5H3,(H,50,52)(H,51,53)/b38-20?,39-21-,46-22?,49-23+/t29-,30-/m0/s1. The Morgan fingerprint density at radius 3 is 1.71 bits per heavy atom. The van der Waals surface area contributed by atoms with Crippen LogP contribution in [0.5, 0.6) is 23.0 Å². The number of amides is 1. The number of aromatic nitrogens is 4. The number of H-pyrrole nitrogens is 2. The number of ether oxygens (including phenoxy) is 2. The van der Waals surface area contributed by atoms with E-state index in [0.717, 1.165) is 57.7 Å². The van der Waals surface area contributed by atoms with Crippen LogP contribution >= 0.6 is 0 Å². The van der Waals surface area contributed by atoms with Crippen molar-refractivity contribution in [3.63, 3.8) is 0 Å². The SMILES string of the molecule is CC[C@H](C)N(C/N=C/C=C(\N)c1ccc(Oc2ccc3nc(CN(C(C)=O)[C@@H](C)CC)[nH]c3c2)cc1)Cc1nc2ccc(Oc3ccc(C(N)=CC=N)cc3)cc2[nH]1. The summed E-state index contributed by atoms with van der Waals surface area (Å²) in [5, 5.41) is 7.21. The maximum Gasteiger partial charge on any atom is 0.220 e. The molecule has 2 aromatic heterocycles. The molecule has 0 fully saturated rings. The van der Waals surface area contributed by atoms with Gasteiger partial charge in [0, 0.05) is 55.0 Å². The second-order valence-corrected chi connectivity index (χ2v) is 14.3. The van der Waals surface area contributed by atoms with Gasteiger partial charge in [0.25, 0.3) is 0 Å². The molecule has 6 rings (SSSR count). The molecule has 7 N–H and O–H groups in total. The van der Waals surface area contributed by atoms with Gasteiger partial charge in [-0.2, -0.15) is 0 Å². The van der Waals surface area contributed by atoms with Crippen molar-refractivity contribution in [3.05, 3.63) is 120 Å². The molecule has 13 nitrogen and oxygen atoms in total. The van der Waals surface area contributed by atoms with Crippen molar-refractivity contribution in [2.45, 2.75) is 72.6 Å². The molecule has 0 saturated carbocycles. The lowest BCUT2D eigenvalue weighted by Gasteiger charge is -2.26. The number of benzene rings is 4. The molecule has 4 aromatic carbocycles. The van der Waals surface area contributed by atoms with E-state index in [1.165, 1.54) is 6.21 Å². The predicted octanol–water partition coefficient (Wildman–Crippen LogP) is 8.75. The van der Waals surface area contributed by atoms with E-state index in [4.69, 9.17) is 31.3 Å². The molecule has 58 heavy (non-hydrogen) atoms. The summed E-state index contributed by atoms with van der Waals surface area (Å²) in [5.74, 6) is 4.31. The summed E-state index contributed by atoms with van der Waals surface area (Å²) in [4.78, 5) is 37.3. The molecule has 0 spiro atoms. The van der Waals surface area contributed by atoms with E-state index >= 15 is 0 Å². The third-order valence-corrected chi connectivity index (χ3v) is 10.2. The van der Waals surface area contributed by atoms with Gasteiger partial charge in [-0.05, 0) is 123 Å². The highest BCUT2D eigenvalue weighted by Gasteiger charge is 2.18. The zero-order valence-corrected chi connectivity index (χ0v) is 33.7. The number of fused-ring (bicyclic) bond motifs is 2. The van der Waals surface area contributed by atoms with Crippen molar-refractivity contribution in [2.24, 2.45) is 16.5 Å². The molecule has 0 unspecified atom stereocenters. The first-order chi connectivity index (χ1) is 28.0. The molecule has 0 aliphatic rings. The normalized spacial score (nSPS) is 13.3. The average Bonchev–Trinajstić information content (AvgIpc) is 3.83. The highest BCUT2D eigenvalue weighted by atomic mass is 16.5. The van der Waals surface area contributed by atoms with Crippen molar-refractivity contribution < 1.29 is 14.3 Å². The molecule has 0 aliphatic heterocycles. The maximum atomic E-state index is 12.2. The molecule has 300 valence electrons. The van der Waals surface area contributed by atoms with Gasteiger partial charge >= 0.3 is 0 Å². The number of allylic oxidation sites excluding steroid dienone is 2. The first-order valence-electron chi connectivity index (χ1n) is 19.5. The van der Waals surface area contributed by atoms with Crippen LogP contribution < -0.4 is 20.9 Å². The Hall–Kier alpha value is -6.73. The Morgan fingerprint density at radius 1 is 0.741 bits per heavy atom. The van der Waals surface area contributed by atoms with Crippen LogP contribution in [0.15, 0.2) is 102 Å². The molecule has 13 heteroatoms. The number of hydrogen-bond acceptors (Lipinski definition) is 10. The van der Waals surface area contributed by atoms with E-state index in [-0.39, 0.29) is 18.0 Å². The van der Waals surface area contributed by atoms with E-state index < -0.39 is 0 Å². The van der Waals surface area contributed by atoms with E-state index in [0.29, 0.717) is 54.2 Å². The Bertz CT molecular complexity index is 2430. The summed E-state index contributed by atoms with van der Waals surface area (Å²) >= 11 is 0. The third-order valence-electron chi connectivity index (χ3n) is 10.2. The van der Waals surface area contributed by atoms with Crippen LogP contribution in [0.1, 0.15) is 70.2 Å². The zero-order valence-electron chi connectivity index (χ0n) is 33.7. The van der Waals surface area contributed by atoms with Crippen molar-refractivity contribution in [2.75, 3.05) is 6.67 Å². The topological polar surface area (TPSA) is 188 Å². The van der Waals surface area contributed by atoms with Gasteiger partial charge in [0.05, 0.1) is 41.8 Å². The number of nitrogens with two attached hydrogens (primary N) is 2. The van der Waals surface area contributed by atoms with Crippen molar-refractivity contribution in [1.29, 1.82) is 5.41 Å². The number of hydrogen-bond donors (Lipinski definition) is 5. The molecule has 0 aliphatic carbocycles. The molecule has 0 saturated heterocycles. The maximum absolute atomic E-state index is 12.2. The monoisotopic (exact) mass is 780 g/mol. The lowest BCUT2D eigenvalue weighted by atomic mass is 10.1. The minimum Gasteiger partial charge on any atom is -0.457 e. The van der Waals surface area contributed by atoms with Crippen LogP contribution in [0.3, 0.4) is 0 Å². The smallest absolute Gasteiger partial charge is 0.220 e. The lowest BCUT2D eigenvalue weighted by Crippen LogP contribution is -2.36. The van der Waals surface area contributed by atoms with E-state index in [9.17, 15) is 4.79 Å². The van der Waals surface area contributed by atoms with Gasteiger partial charge in [-0.3, -0.25) is 14.7 Å². The van der Waals surface area contributed by atoms with E-state index in [1.807, 2.05) is 96.8 Å². The summed E-state index contributed by atoms with van der Waals surface area (Å²) in [6.07, 6.45) is 8.09. The van der Waals surface area contributed by atoms with Gasteiger partial charge < -0.3 is 41.2 Å². The Labute approximate surface area is 339 Å². The van der Waals surface area contributed by atoms with Gasteiger partial charge in [-0.25, -0.2) is 9.97 Å². The first kappa shape index (κ1) is 40.9. The van der Waals surface area contributed by atoms with Crippen LogP contribution in [0, 0.1) is 5.41 Å². The number of nitrogens with one attached hydrogen (secondary N) is 3. The number of aliphatic imine (C=N–C) groups is 1. The number of nitrogens with zero attached hydrogens (tertiary/aromatic N) is 5. The van der Waals surface area contributed by atoms with Gasteiger partial charge in [0.1, 0.15) is 34.6 Å². The van der Waals surface area contributed by atoms with Crippen LogP contribution in [0.25, 0.3) is 33.5 Å². The van der Waals surface area contributed by atoms with Crippen LogP contribution in [-0.2, 0) is 17.9 Å². The zero-order chi connectivity index (χ0) is 41.2. The predicted molar refractivity (Wildman–Crippen MR) is 233 cm³/mol. The molecule has 2 atom stereocenters. The van der Waals surface area contributed by atoms with Gasteiger partial charge in [0.2, 0.25) is 5.91 Å². The molecular formula is C45H52N10O3. The molecule has 0 radical (unpaired) electrons. The average molecular weight is 781 g/mol. The highest BCUT2D eigenvalue weighted by Crippen LogP contribution is 2.28. The number of imidazole rings is 2. The van der Waals surface area contributed by atoms with E-state index in [1.54, 1.807) is 25.3 Å². The fraction of sp³-hybridized carbons (Fsp3) is 0.267. The first-order valence-corrected chi connectivity index (χ1v) is 19.5. The van der Waals surface area contributed by atoms with E-state index in [2.05, 4.69) is 45.6 Å². The van der Waals surface area contributed by atoms with Crippen LogP contribution in [-0.4, -0.2) is 66.8 Å². The summed E-state index contributed by atoms with van der Waals surface area (Å²) in [7, 11) is 0. The van der Waals surface area contributed by atoms with Gasteiger partial charge in [-0.1, -0.05) is 13.8 Å². The summed E-state index contributed by atoms with van der Waals surface area (Å²) in [6.45, 7) is 11.5. The fourth-order valence-corrected chi connectivity index (χ4v) is 6.39. The molecule has 1 amide bonds. The second kappa shape index (κ2) is 18.9. The quantitative estimate of drug-likeness (QED) is 0.0536. The molecule has 0 bridgehead atoms. The minimum atomic E-state index is 0.0259. The van der Waals surface area contributed by atoms with Crippen molar-refractivity contribution >= 4 is 51.8 Å². The minimum absolute atomic E-state index is 0.0259. The molecule has 6 aromatic rings. The Balaban J connectivity index is 1.04. The summed E-state index contributed by atoms with van der Waals surface area (Å²) < 4.78 is 12.2.